The fraction of sp³-hybridized carbons (Fsp3) is 0.375. The van der Waals surface area contributed by atoms with E-state index in [4.69, 9.17) is 0 Å². The van der Waals surface area contributed by atoms with Crippen LogP contribution in [0.5, 0.6) is 0 Å². The number of hydrogen-bond donors (Lipinski definition) is 3. The van der Waals surface area contributed by atoms with Crippen LogP contribution in [0.25, 0.3) is 0 Å². The Morgan fingerprint density at radius 2 is 1.50 bits per heavy atom. The molecule has 0 spiro atoms. The Kier molecular flexibility index (Phi) is 8.06. The quantitative estimate of drug-likeness (QED) is 0.516. The molecule has 182 valence electrons. The Hall–Kier alpha value is -3.24. The van der Waals surface area contributed by atoms with Crippen molar-refractivity contribution in [2.75, 3.05) is 13.1 Å². The first-order valence-corrected chi connectivity index (χ1v) is 12.6. The molecule has 1 aliphatic heterocycles. The van der Waals surface area contributed by atoms with Crippen molar-refractivity contribution < 1.29 is 22.8 Å². The van der Waals surface area contributed by atoms with Crippen molar-refractivity contribution in [1.29, 1.82) is 0 Å². The summed E-state index contributed by atoms with van der Waals surface area (Å²) >= 11 is 0. The Balaban J connectivity index is 1.60. The molecule has 3 N–H and O–H groups in total. The molecule has 3 rings (SSSR count). The zero-order valence-corrected chi connectivity index (χ0v) is 20.3. The van der Waals surface area contributed by atoms with Crippen molar-refractivity contribution in [2.45, 2.75) is 44.6 Å². The Labute approximate surface area is 199 Å². The van der Waals surface area contributed by atoms with Crippen LogP contribution in [-0.4, -0.2) is 49.6 Å². The van der Waals surface area contributed by atoms with E-state index in [1.807, 2.05) is 6.07 Å². The molecule has 2 aromatic rings. The highest BCUT2D eigenvalue weighted by Crippen LogP contribution is 2.21. The predicted octanol–water partition coefficient (Wildman–Crippen LogP) is 2.00. The highest BCUT2D eigenvalue weighted by Gasteiger charge is 2.28. The van der Waals surface area contributed by atoms with Crippen molar-refractivity contribution >= 4 is 27.7 Å². The van der Waals surface area contributed by atoms with Gasteiger partial charge in [0.05, 0.1) is 4.90 Å². The molecule has 1 heterocycles. The number of hydrazine groups is 1. The SMILES string of the molecule is Cc1ccccc1C(=O)N[C@H](C(=O)NNC(=O)c1ccc(S(=O)(=O)N2CCCC2)cc1)C(C)C. The lowest BCUT2D eigenvalue weighted by Gasteiger charge is -2.22. The van der Waals surface area contributed by atoms with Gasteiger partial charge in [-0.25, -0.2) is 8.42 Å². The summed E-state index contributed by atoms with van der Waals surface area (Å²) in [6.07, 6.45) is 1.67. The van der Waals surface area contributed by atoms with Gasteiger partial charge in [-0.05, 0) is 61.6 Å². The average Bonchev–Trinajstić information content (AvgIpc) is 3.37. The van der Waals surface area contributed by atoms with Crippen molar-refractivity contribution in [3.63, 3.8) is 0 Å². The summed E-state index contributed by atoms with van der Waals surface area (Å²) in [5.41, 5.74) is 6.10. The maximum atomic E-state index is 12.7. The molecule has 1 atom stereocenters. The number of hydrogen-bond acceptors (Lipinski definition) is 5. The van der Waals surface area contributed by atoms with E-state index in [9.17, 15) is 22.8 Å². The van der Waals surface area contributed by atoms with Crippen LogP contribution in [0.4, 0.5) is 0 Å². The normalized spacial score (nSPS) is 15.1. The monoisotopic (exact) mass is 486 g/mol. The minimum Gasteiger partial charge on any atom is -0.340 e. The molecule has 34 heavy (non-hydrogen) atoms. The van der Waals surface area contributed by atoms with E-state index in [2.05, 4.69) is 16.2 Å². The number of nitrogens with zero attached hydrogens (tertiary/aromatic N) is 1. The van der Waals surface area contributed by atoms with E-state index in [-0.39, 0.29) is 22.3 Å². The molecule has 10 heteroatoms. The second-order valence-electron chi connectivity index (χ2n) is 8.59. The Morgan fingerprint density at radius 1 is 0.882 bits per heavy atom. The van der Waals surface area contributed by atoms with Crippen LogP contribution in [0.3, 0.4) is 0 Å². The molecular weight excluding hydrogens is 456 g/mol. The lowest BCUT2D eigenvalue weighted by Crippen LogP contribution is -2.54. The van der Waals surface area contributed by atoms with Gasteiger partial charge in [-0.2, -0.15) is 4.31 Å². The molecule has 0 aliphatic carbocycles. The van der Waals surface area contributed by atoms with Crippen LogP contribution in [0, 0.1) is 12.8 Å². The molecule has 2 aromatic carbocycles. The highest BCUT2D eigenvalue weighted by atomic mass is 32.2. The van der Waals surface area contributed by atoms with Gasteiger partial charge in [0.2, 0.25) is 10.0 Å². The van der Waals surface area contributed by atoms with E-state index >= 15 is 0 Å². The minimum absolute atomic E-state index is 0.119. The first-order valence-electron chi connectivity index (χ1n) is 11.2. The fourth-order valence-electron chi connectivity index (χ4n) is 3.71. The van der Waals surface area contributed by atoms with Crippen molar-refractivity contribution in [1.82, 2.24) is 20.5 Å². The van der Waals surface area contributed by atoms with E-state index in [0.717, 1.165) is 18.4 Å². The van der Waals surface area contributed by atoms with E-state index < -0.39 is 27.9 Å². The lowest BCUT2D eigenvalue weighted by molar-refractivity contribution is -0.124. The van der Waals surface area contributed by atoms with Gasteiger partial charge < -0.3 is 5.32 Å². The van der Waals surface area contributed by atoms with Crippen LogP contribution in [0.2, 0.25) is 0 Å². The van der Waals surface area contributed by atoms with Crippen LogP contribution in [0.1, 0.15) is 53.0 Å². The number of rotatable bonds is 7. The molecule has 1 saturated heterocycles. The van der Waals surface area contributed by atoms with Crippen LogP contribution >= 0.6 is 0 Å². The van der Waals surface area contributed by atoms with Gasteiger partial charge in [0, 0.05) is 24.2 Å². The zero-order chi connectivity index (χ0) is 24.9. The molecule has 9 nitrogen and oxygen atoms in total. The second-order valence-corrected chi connectivity index (χ2v) is 10.5. The van der Waals surface area contributed by atoms with Gasteiger partial charge in [0.25, 0.3) is 17.7 Å². The standard InChI is InChI=1S/C24H30N4O5S/c1-16(2)21(25-23(30)20-9-5-4-8-17(20)3)24(31)27-26-22(29)18-10-12-19(13-11-18)34(32,33)28-14-6-7-15-28/h4-5,8-13,16,21H,6-7,14-15H2,1-3H3,(H,25,30)(H,26,29)(H,27,31)/t21-/m0/s1. The van der Waals surface area contributed by atoms with Gasteiger partial charge in [-0.15, -0.1) is 0 Å². The highest BCUT2D eigenvalue weighted by molar-refractivity contribution is 7.89. The number of nitrogens with one attached hydrogen (secondary N) is 3. The number of carbonyl (C=O) groups excluding carboxylic acids is 3. The van der Waals surface area contributed by atoms with E-state index in [1.165, 1.54) is 28.6 Å². The first kappa shape index (κ1) is 25.4. The summed E-state index contributed by atoms with van der Waals surface area (Å²) in [5, 5.41) is 2.71. The largest absolute Gasteiger partial charge is 0.340 e. The predicted molar refractivity (Wildman–Crippen MR) is 127 cm³/mol. The minimum atomic E-state index is -3.57. The summed E-state index contributed by atoms with van der Waals surface area (Å²) in [5.74, 6) is -1.79. The van der Waals surface area contributed by atoms with Crippen LogP contribution in [0.15, 0.2) is 53.4 Å². The summed E-state index contributed by atoms with van der Waals surface area (Å²) in [7, 11) is -3.57. The number of carbonyl (C=O) groups is 3. The number of aryl methyl sites for hydroxylation is 1. The van der Waals surface area contributed by atoms with Gasteiger partial charge in [0.15, 0.2) is 0 Å². The number of amides is 3. The molecule has 0 aromatic heterocycles. The molecule has 0 radical (unpaired) electrons. The summed E-state index contributed by atoms with van der Waals surface area (Å²) in [6.45, 7) is 6.36. The van der Waals surface area contributed by atoms with Crippen LogP contribution < -0.4 is 16.2 Å². The van der Waals surface area contributed by atoms with Gasteiger partial charge in [-0.3, -0.25) is 25.2 Å². The maximum Gasteiger partial charge on any atom is 0.269 e. The lowest BCUT2D eigenvalue weighted by atomic mass is 10.0. The first-order chi connectivity index (χ1) is 16.1. The molecule has 0 saturated carbocycles. The molecular formula is C24H30N4O5S. The number of sulfonamides is 1. The second kappa shape index (κ2) is 10.8. The van der Waals surface area contributed by atoms with Gasteiger partial charge in [-0.1, -0.05) is 32.0 Å². The molecule has 1 aliphatic rings. The van der Waals surface area contributed by atoms with Crippen LogP contribution in [-0.2, 0) is 14.8 Å². The van der Waals surface area contributed by atoms with Gasteiger partial charge in [0.1, 0.15) is 6.04 Å². The third-order valence-corrected chi connectivity index (χ3v) is 7.66. The van der Waals surface area contributed by atoms with Crippen molar-refractivity contribution in [3.8, 4) is 0 Å². The summed E-state index contributed by atoms with van der Waals surface area (Å²) in [4.78, 5) is 37.9. The molecule has 0 bridgehead atoms. The maximum absolute atomic E-state index is 12.7. The fourth-order valence-corrected chi connectivity index (χ4v) is 5.22. The van der Waals surface area contributed by atoms with Gasteiger partial charge >= 0.3 is 0 Å². The van der Waals surface area contributed by atoms with E-state index in [0.29, 0.717) is 18.7 Å². The van der Waals surface area contributed by atoms with Crippen molar-refractivity contribution in [3.05, 3.63) is 65.2 Å². The average molecular weight is 487 g/mol. The molecule has 3 amide bonds. The third-order valence-electron chi connectivity index (χ3n) is 5.74. The summed E-state index contributed by atoms with van der Waals surface area (Å²) < 4.78 is 26.7. The van der Waals surface area contributed by atoms with E-state index in [1.54, 1.807) is 39.0 Å². The van der Waals surface area contributed by atoms with Crippen molar-refractivity contribution in [2.24, 2.45) is 5.92 Å². The molecule has 1 fully saturated rings. The molecule has 0 unspecified atom stereocenters. The Bertz CT molecular complexity index is 1160. The zero-order valence-electron chi connectivity index (χ0n) is 19.5. The number of benzene rings is 2. The third kappa shape index (κ3) is 5.81. The Morgan fingerprint density at radius 3 is 2.09 bits per heavy atom. The topological polar surface area (TPSA) is 125 Å². The smallest absolute Gasteiger partial charge is 0.269 e. The summed E-state index contributed by atoms with van der Waals surface area (Å²) in [6, 6.07) is 11.7.